The second-order valence-electron chi connectivity index (χ2n) is 4.46. The molecule has 1 aromatic heterocycles. The first-order valence-corrected chi connectivity index (χ1v) is 6.63. The molecular formula is C15H16N2O5. The van der Waals surface area contributed by atoms with Crippen molar-refractivity contribution < 1.29 is 24.2 Å². The van der Waals surface area contributed by atoms with Gasteiger partial charge < -0.3 is 19.9 Å². The van der Waals surface area contributed by atoms with Gasteiger partial charge in [-0.25, -0.2) is 0 Å². The number of aromatic nitrogens is 1. The zero-order chi connectivity index (χ0) is 16.1. The first-order valence-electron chi connectivity index (χ1n) is 6.63. The topological polar surface area (TPSA) is 97.8 Å². The number of rotatable bonds is 5. The maximum Gasteiger partial charge on any atom is 0.302 e. The summed E-state index contributed by atoms with van der Waals surface area (Å²) >= 11 is 0. The molecule has 7 nitrogen and oxygen atoms in total. The molecule has 0 radical (unpaired) electrons. The number of esters is 1. The average Bonchev–Trinajstić information content (AvgIpc) is 2.50. The first kappa shape index (κ1) is 15.6. The van der Waals surface area contributed by atoms with Gasteiger partial charge in [-0.2, -0.15) is 0 Å². The van der Waals surface area contributed by atoms with Gasteiger partial charge in [-0.1, -0.05) is 0 Å². The SMILES string of the molecule is CNC(=O)c1cc2c(O)ccnc2cc1OCCOC(C)=O. The zero-order valence-corrected chi connectivity index (χ0v) is 12.3. The van der Waals surface area contributed by atoms with Crippen molar-refractivity contribution in [3.63, 3.8) is 0 Å². The van der Waals surface area contributed by atoms with Crippen LogP contribution < -0.4 is 10.1 Å². The van der Waals surface area contributed by atoms with Gasteiger partial charge in [-0.05, 0) is 12.1 Å². The molecule has 2 aromatic rings. The minimum atomic E-state index is -0.403. The fraction of sp³-hybridized carbons (Fsp3) is 0.267. The number of hydrogen-bond donors (Lipinski definition) is 2. The summed E-state index contributed by atoms with van der Waals surface area (Å²) < 4.78 is 10.3. The Morgan fingerprint density at radius 1 is 1.32 bits per heavy atom. The minimum Gasteiger partial charge on any atom is -0.507 e. The molecule has 0 saturated heterocycles. The summed E-state index contributed by atoms with van der Waals surface area (Å²) in [5.74, 6) is -0.424. The van der Waals surface area contributed by atoms with E-state index in [4.69, 9.17) is 9.47 Å². The molecule has 0 atom stereocenters. The Labute approximate surface area is 126 Å². The highest BCUT2D eigenvalue weighted by Crippen LogP contribution is 2.30. The van der Waals surface area contributed by atoms with E-state index < -0.39 is 5.97 Å². The number of nitrogens with one attached hydrogen (secondary N) is 1. The number of amides is 1. The number of benzene rings is 1. The second kappa shape index (κ2) is 6.75. The molecule has 1 amide bonds. The van der Waals surface area contributed by atoms with Gasteiger partial charge in [0.05, 0.1) is 11.1 Å². The van der Waals surface area contributed by atoms with Gasteiger partial charge in [0, 0.05) is 31.6 Å². The molecule has 0 spiro atoms. The van der Waals surface area contributed by atoms with E-state index in [1.807, 2.05) is 0 Å². The molecule has 1 heterocycles. The Kier molecular flexibility index (Phi) is 4.77. The lowest BCUT2D eigenvalue weighted by molar-refractivity contribution is -0.141. The maximum absolute atomic E-state index is 12.0. The van der Waals surface area contributed by atoms with Crippen LogP contribution in [0.4, 0.5) is 0 Å². The first-order chi connectivity index (χ1) is 10.5. The minimum absolute atomic E-state index is 0.0293. The van der Waals surface area contributed by atoms with Crippen LogP contribution in [0, 0.1) is 0 Å². The van der Waals surface area contributed by atoms with Crippen LogP contribution in [0.25, 0.3) is 10.9 Å². The third kappa shape index (κ3) is 3.43. The van der Waals surface area contributed by atoms with E-state index in [0.717, 1.165) is 0 Å². The lowest BCUT2D eigenvalue weighted by Gasteiger charge is -2.12. The van der Waals surface area contributed by atoms with Crippen molar-refractivity contribution in [1.82, 2.24) is 10.3 Å². The summed E-state index contributed by atoms with van der Waals surface area (Å²) in [6.45, 7) is 1.49. The number of hydrogen-bond acceptors (Lipinski definition) is 6. The molecular weight excluding hydrogens is 288 g/mol. The molecule has 2 rings (SSSR count). The normalized spacial score (nSPS) is 10.3. The predicted octanol–water partition coefficient (Wildman–Crippen LogP) is 1.24. The van der Waals surface area contributed by atoms with Gasteiger partial charge in [-0.15, -0.1) is 0 Å². The van der Waals surface area contributed by atoms with Crippen molar-refractivity contribution in [1.29, 1.82) is 0 Å². The smallest absolute Gasteiger partial charge is 0.302 e. The zero-order valence-electron chi connectivity index (χ0n) is 12.3. The van der Waals surface area contributed by atoms with E-state index in [9.17, 15) is 14.7 Å². The van der Waals surface area contributed by atoms with E-state index in [1.54, 1.807) is 6.07 Å². The summed E-state index contributed by atoms with van der Waals surface area (Å²) in [7, 11) is 1.50. The van der Waals surface area contributed by atoms with Gasteiger partial charge in [0.15, 0.2) is 0 Å². The summed E-state index contributed by atoms with van der Waals surface area (Å²) in [6.07, 6.45) is 1.46. The van der Waals surface area contributed by atoms with Crippen molar-refractivity contribution in [2.24, 2.45) is 0 Å². The number of nitrogens with zero attached hydrogens (tertiary/aromatic N) is 1. The molecule has 0 saturated carbocycles. The van der Waals surface area contributed by atoms with E-state index in [2.05, 4.69) is 10.3 Å². The van der Waals surface area contributed by atoms with E-state index in [0.29, 0.717) is 16.7 Å². The van der Waals surface area contributed by atoms with Crippen LogP contribution in [-0.2, 0) is 9.53 Å². The van der Waals surface area contributed by atoms with Crippen molar-refractivity contribution >= 4 is 22.8 Å². The van der Waals surface area contributed by atoms with Crippen molar-refractivity contribution in [3.05, 3.63) is 30.0 Å². The molecule has 116 valence electrons. The number of aromatic hydroxyl groups is 1. The molecule has 1 aromatic carbocycles. The summed E-state index contributed by atoms with van der Waals surface area (Å²) in [5.41, 5.74) is 0.760. The predicted molar refractivity (Wildman–Crippen MR) is 78.9 cm³/mol. The fourth-order valence-electron chi connectivity index (χ4n) is 1.93. The van der Waals surface area contributed by atoms with Crippen molar-refractivity contribution in [3.8, 4) is 11.5 Å². The molecule has 0 aliphatic heterocycles. The Morgan fingerprint density at radius 3 is 2.77 bits per heavy atom. The van der Waals surface area contributed by atoms with Gasteiger partial charge in [0.25, 0.3) is 5.91 Å². The Balaban J connectivity index is 2.33. The van der Waals surface area contributed by atoms with Crippen molar-refractivity contribution in [2.75, 3.05) is 20.3 Å². The number of fused-ring (bicyclic) bond motifs is 1. The lowest BCUT2D eigenvalue weighted by Crippen LogP contribution is -2.20. The monoisotopic (exact) mass is 304 g/mol. The third-order valence-electron chi connectivity index (χ3n) is 2.94. The lowest BCUT2D eigenvalue weighted by atomic mass is 10.1. The van der Waals surface area contributed by atoms with Crippen LogP contribution in [0.3, 0.4) is 0 Å². The van der Waals surface area contributed by atoms with E-state index in [-0.39, 0.29) is 30.4 Å². The van der Waals surface area contributed by atoms with Crippen LogP contribution in [0.1, 0.15) is 17.3 Å². The van der Waals surface area contributed by atoms with E-state index >= 15 is 0 Å². The van der Waals surface area contributed by atoms with Gasteiger partial charge in [0.2, 0.25) is 0 Å². The van der Waals surface area contributed by atoms with Gasteiger partial charge in [0.1, 0.15) is 24.7 Å². The van der Waals surface area contributed by atoms with Crippen LogP contribution in [-0.4, -0.2) is 42.2 Å². The highest BCUT2D eigenvalue weighted by Gasteiger charge is 2.15. The largest absolute Gasteiger partial charge is 0.507 e. The summed E-state index contributed by atoms with van der Waals surface area (Å²) in [5, 5.41) is 12.8. The Morgan fingerprint density at radius 2 is 2.09 bits per heavy atom. The van der Waals surface area contributed by atoms with Gasteiger partial charge in [-0.3, -0.25) is 14.6 Å². The quantitative estimate of drug-likeness (QED) is 0.637. The number of carbonyl (C=O) groups is 2. The Bertz CT molecular complexity index is 714. The molecule has 0 aliphatic rings. The summed E-state index contributed by atoms with van der Waals surface area (Å²) in [4.78, 5) is 26.8. The fourth-order valence-corrected chi connectivity index (χ4v) is 1.93. The number of carbonyl (C=O) groups excluding carboxylic acids is 2. The Hall–Kier alpha value is -2.83. The molecule has 2 N–H and O–H groups in total. The molecule has 0 aliphatic carbocycles. The van der Waals surface area contributed by atoms with Crippen LogP contribution >= 0.6 is 0 Å². The van der Waals surface area contributed by atoms with E-state index in [1.165, 1.54) is 32.3 Å². The van der Waals surface area contributed by atoms with Crippen LogP contribution in [0.2, 0.25) is 0 Å². The molecule has 22 heavy (non-hydrogen) atoms. The third-order valence-corrected chi connectivity index (χ3v) is 2.94. The standard InChI is InChI=1S/C15H16N2O5/c1-9(18)21-5-6-22-14-8-12-10(13(19)3-4-17-12)7-11(14)15(20)16-2/h3-4,7-8H,5-6H2,1-2H3,(H,16,20)(H,17,19). The molecule has 0 bridgehead atoms. The maximum atomic E-state index is 12.0. The molecule has 0 unspecified atom stereocenters. The molecule has 0 fully saturated rings. The van der Waals surface area contributed by atoms with Crippen molar-refractivity contribution in [2.45, 2.75) is 6.92 Å². The number of ether oxygens (including phenoxy) is 2. The van der Waals surface area contributed by atoms with Crippen LogP contribution in [0.5, 0.6) is 11.5 Å². The van der Waals surface area contributed by atoms with Gasteiger partial charge >= 0.3 is 5.97 Å². The van der Waals surface area contributed by atoms with Crippen LogP contribution in [0.15, 0.2) is 24.4 Å². The average molecular weight is 304 g/mol. The number of pyridine rings is 1. The summed E-state index contributed by atoms with van der Waals surface area (Å²) in [6, 6.07) is 4.52. The highest BCUT2D eigenvalue weighted by atomic mass is 16.6. The highest BCUT2D eigenvalue weighted by molar-refractivity contribution is 6.01. The molecule has 7 heteroatoms. The second-order valence-corrected chi connectivity index (χ2v) is 4.46.